The smallest absolute Gasteiger partial charge is 0.410 e. The second-order valence-electron chi connectivity index (χ2n) is 11.0. The van der Waals surface area contributed by atoms with Crippen molar-refractivity contribution in [2.45, 2.75) is 77.7 Å². The topological polar surface area (TPSA) is 38.8 Å². The number of likely N-dealkylation sites (tertiary alicyclic amines) is 1. The number of rotatable bonds is 3. The molecule has 1 heterocycles. The fourth-order valence-electron chi connectivity index (χ4n) is 4.60. The lowest BCUT2D eigenvalue weighted by molar-refractivity contribution is 0.0137. The molecule has 4 unspecified atom stereocenters. The van der Waals surface area contributed by atoms with Crippen molar-refractivity contribution in [3.8, 4) is 0 Å². The van der Waals surface area contributed by atoms with E-state index in [2.05, 4.69) is 46.0 Å². The number of nitrogens with zero attached hydrogens (tertiary/aromatic N) is 1. The van der Waals surface area contributed by atoms with Gasteiger partial charge < -0.3 is 14.1 Å². The fraction of sp³-hybridized carbons (Fsp3) is 0.857. The molecule has 3 aliphatic rings. The van der Waals surface area contributed by atoms with E-state index >= 15 is 0 Å². The number of amides is 1. The average molecular weight is 380 g/mol. The van der Waals surface area contributed by atoms with Crippen LogP contribution in [0.2, 0.25) is 18.1 Å². The summed E-state index contributed by atoms with van der Waals surface area (Å²) in [7, 11) is -1.85. The molecular weight excluding hydrogens is 342 g/mol. The van der Waals surface area contributed by atoms with Gasteiger partial charge in [0.25, 0.3) is 0 Å². The minimum Gasteiger partial charge on any atom is -0.444 e. The van der Waals surface area contributed by atoms with Crippen molar-refractivity contribution in [1.82, 2.24) is 4.90 Å². The van der Waals surface area contributed by atoms with E-state index < -0.39 is 13.9 Å². The Balaban J connectivity index is 1.78. The van der Waals surface area contributed by atoms with Gasteiger partial charge in [-0.3, -0.25) is 0 Å². The van der Waals surface area contributed by atoms with Gasteiger partial charge in [0, 0.05) is 6.54 Å². The third-order valence-electron chi connectivity index (χ3n) is 6.99. The number of ether oxygens (including phenoxy) is 1. The summed E-state index contributed by atoms with van der Waals surface area (Å²) < 4.78 is 12.3. The molecule has 0 aromatic heterocycles. The molecule has 5 atom stereocenters. The van der Waals surface area contributed by atoms with Crippen LogP contribution in [-0.2, 0) is 9.16 Å². The summed E-state index contributed by atoms with van der Waals surface area (Å²) in [6, 6.07) is 0.143. The van der Waals surface area contributed by atoms with Crippen LogP contribution >= 0.6 is 0 Å². The molecule has 1 saturated heterocycles. The van der Waals surface area contributed by atoms with Crippen molar-refractivity contribution in [3.05, 3.63) is 12.2 Å². The quantitative estimate of drug-likeness (QED) is 0.508. The lowest BCUT2D eigenvalue weighted by Gasteiger charge is -2.39. The molecule has 2 bridgehead atoms. The monoisotopic (exact) mass is 379 g/mol. The summed E-state index contributed by atoms with van der Waals surface area (Å²) in [5.41, 5.74) is -0.461. The molecule has 0 spiro atoms. The van der Waals surface area contributed by atoms with E-state index in [-0.39, 0.29) is 17.2 Å². The molecule has 2 aliphatic carbocycles. The molecular formula is C21H37NO3Si. The Kier molecular flexibility index (Phi) is 4.88. The lowest BCUT2D eigenvalue weighted by Crippen LogP contribution is -2.49. The zero-order chi connectivity index (χ0) is 19.5. The molecule has 1 saturated carbocycles. The van der Waals surface area contributed by atoms with Crippen molar-refractivity contribution in [2.75, 3.05) is 13.2 Å². The summed E-state index contributed by atoms with van der Waals surface area (Å²) in [4.78, 5) is 14.9. The zero-order valence-electron chi connectivity index (χ0n) is 17.8. The minimum absolute atomic E-state index is 0.143. The van der Waals surface area contributed by atoms with Crippen LogP contribution in [0.15, 0.2) is 12.2 Å². The van der Waals surface area contributed by atoms with E-state index in [1.54, 1.807) is 0 Å². The molecule has 5 heteroatoms. The summed E-state index contributed by atoms with van der Waals surface area (Å²) in [6.07, 6.45) is 5.84. The third kappa shape index (κ3) is 3.62. The van der Waals surface area contributed by atoms with Gasteiger partial charge in [-0.1, -0.05) is 32.9 Å². The summed E-state index contributed by atoms with van der Waals surface area (Å²) in [5, 5.41) is 0.177. The number of hydrogen-bond acceptors (Lipinski definition) is 3. The predicted molar refractivity (Wildman–Crippen MR) is 108 cm³/mol. The van der Waals surface area contributed by atoms with Crippen LogP contribution in [0.1, 0.15) is 48.0 Å². The summed E-state index contributed by atoms with van der Waals surface area (Å²) in [5.74, 6) is 2.34. The van der Waals surface area contributed by atoms with Crippen LogP contribution in [0, 0.1) is 23.7 Å². The molecule has 1 aliphatic heterocycles. The Morgan fingerprint density at radius 1 is 1.12 bits per heavy atom. The first-order valence-electron chi connectivity index (χ1n) is 10.1. The van der Waals surface area contributed by atoms with Crippen LogP contribution in [0.5, 0.6) is 0 Å². The standard InChI is InChI=1S/C21H37NO3Si/c1-20(2,3)25-19(23)22-12-16-14-9-10-15(11-14)18(16)17(22)13-24-26(7,8)21(4,5)6/h9-10,14-18H,11-13H2,1-8H3/t14?,15?,16?,17-,18?/m1/s1. The third-order valence-corrected chi connectivity index (χ3v) is 11.5. The molecule has 0 aromatic rings. The van der Waals surface area contributed by atoms with E-state index in [0.717, 1.165) is 6.54 Å². The van der Waals surface area contributed by atoms with Crippen molar-refractivity contribution < 1.29 is 14.0 Å². The number of fused-ring (bicyclic) bond motifs is 5. The summed E-state index contributed by atoms with van der Waals surface area (Å²) in [6.45, 7) is 18.7. The first-order valence-corrected chi connectivity index (χ1v) is 13.0. The Labute approximate surface area is 160 Å². The van der Waals surface area contributed by atoms with Crippen LogP contribution in [0.3, 0.4) is 0 Å². The second kappa shape index (κ2) is 6.37. The molecule has 1 amide bonds. The highest BCUT2D eigenvalue weighted by Gasteiger charge is 2.56. The van der Waals surface area contributed by atoms with Crippen molar-refractivity contribution in [3.63, 3.8) is 0 Å². The van der Waals surface area contributed by atoms with Gasteiger partial charge in [-0.15, -0.1) is 0 Å². The van der Waals surface area contributed by atoms with E-state index in [1.165, 1.54) is 6.42 Å². The Hall–Kier alpha value is -0.813. The van der Waals surface area contributed by atoms with Gasteiger partial charge in [0.1, 0.15) is 5.60 Å². The van der Waals surface area contributed by atoms with Crippen molar-refractivity contribution in [1.29, 1.82) is 0 Å². The van der Waals surface area contributed by atoms with Crippen LogP contribution in [0.4, 0.5) is 4.79 Å². The molecule has 4 nitrogen and oxygen atoms in total. The van der Waals surface area contributed by atoms with E-state index in [4.69, 9.17) is 9.16 Å². The van der Waals surface area contributed by atoms with Gasteiger partial charge in [0.05, 0.1) is 12.6 Å². The van der Waals surface area contributed by atoms with Gasteiger partial charge in [-0.2, -0.15) is 0 Å². The van der Waals surface area contributed by atoms with E-state index in [1.807, 2.05) is 25.7 Å². The zero-order valence-corrected chi connectivity index (χ0v) is 18.8. The van der Waals surface area contributed by atoms with Crippen LogP contribution < -0.4 is 0 Å². The predicted octanol–water partition coefficient (Wildman–Crippen LogP) is 5.07. The van der Waals surface area contributed by atoms with E-state index in [0.29, 0.717) is 30.3 Å². The minimum atomic E-state index is -1.85. The fourth-order valence-corrected chi connectivity index (χ4v) is 5.62. The number of carbonyl (C=O) groups is 1. The van der Waals surface area contributed by atoms with Gasteiger partial charge in [0.15, 0.2) is 8.32 Å². The second-order valence-corrected chi connectivity index (χ2v) is 15.8. The van der Waals surface area contributed by atoms with Gasteiger partial charge in [0.2, 0.25) is 0 Å². The Morgan fingerprint density at radius 2 is 1.73 bits per heavy atom. The maximum atomic E-state index is 12.9. The Bertz CT molecular complexity index is 587. The van der Waals surface area contributed by atoms with Crippen molar-refractivity contribution >= 4 is 14.4 Å². The SMILES string of the molecule is CC(C)(C)OC(=O)N1CC2C3C=CC(C3)C2[C@H]1CO[Si](C)(C)C(C)(C)C. The highest BCUT2D eigenvalue weighted by atomic mass is 28.4. The highest BCUT2D eigenvalue weighted by Crippen LogP contribution is 2.54. The first-order chi connectivity index (χ1) is 11.8. The number of carbonyl (C=O) groups excluding carboxylic acids is 1. The Morgan fingerprint density at radius 3 is 2.31 bits per heavy atom. The highest BCUT2D eigenvalue weighted by molar-refractivity contribution is 6.74. The van der Waals surface area contributed by atoms with Gasteiger partial charge in [-0.25, -0.2) is 4.79 Å². The average Bonchev–Trinajstić information content (AvgIpc) is 3.13. The molecule has 2 fully saturated rings. The number of allylic oxidation sites excluding steroid dienone is 2. The molecule has 0 N–H and O–H groups in total. The van der Waals surface area contributed by atoms with Crippen molar-refractivity contribution in [2.24, 2.45) is 23.7 Å². The maximum absolute atomic E-state index is 12.9. The first kappa shape index (κ1) is 19.9. The summed E-state index contributed by atoms with van der Waals surface area (Å²) >= 11 is 0. The van der Waals surface area contributed by atoms with Crippen LogP contribution in [-0.4, -0.2) is 44.1 Å². The molecule has 0 aromatic carbocycles. The number of hydrogen-bond donors (Lipinski definition) is 0. The van der Waals surface area contributed by atoms with Crippen LogP contribution in [0.25, 0.3) is 0 Å². The lowest BCUT2D eigenvalue weighted by atomic mass is 9.82. The maximum Gasteiger partial charge on any atom is 0.410 e. The van der Waals surface area contributed by atoms with Gasteiger partial charge >= 0.3 is 6.09 Å². The van der Waals surface area contributed by atoms with E-state index in [9.17, 15) is 4.79 Å². The van der Waals surface area contributed by atoms with Gasteiger partial charge in [-0.05, 0) is 69.0 Å². The molecule has 148 valence electrons. The molecule has 26 heavy (non-hydrogen) atoms. The largest absolute Gasteiger partial charge is 0.444 e. The normalized spacial score (nSPS) is 33.7. The molecule has 0 radical (unpaired) electrons. The molecule has 3 rings (SSSR count).